The number of carbonyl (C=O) groups is 1. The van der Waals surface area contributed by atoms with Gasteiger partial charge in [-0.2, -0.15) is 4.39 Å². The first kappa shape index (κ1) is 21.4. The summed E-state index contributed by atoms with van der Waals surface area (Å²) in [6.07, 6.45) is 7.95. The summed E-state index contributed by atoms with van der Waals surface area (Å²) in [6, 6.07) is 2.82. The normalized spacial score (nSPS) is 16.0. The van der Waals surface area contributed by atoms with Crippen LogP contribution in [0, 0.1) is 5.95 Å². The summed E-state index contributed by atoms with van der Waals surface area (Å²) in [4.78, 5) is 26.8. The second kappa shape index (κ2) is 10.4. The molecule has 1 fully saturated rings. The minimum Gasteiger partial charge on any atom is -0.370 e. The Morgan fingerprint density at radius 1 is 1.40 bits per heavy atom. The highest BCUT2D eigenvalue weighted by atomic mass is 19.1. The second-order valence-electron chi connectivity index (χ2n) is 6.69. The van der Waals surface area contributed by atoms with Gasteiger partial charge in [0.25, 0.3) is 5.91 Å². The number of nitrogens with one attached hydrogen (secondary N) is 2. The first-order valence-corrected chi connectivity index (χ1v) is 9.74. The van der Waals surface area contributed by atoms with E-state index in [-0.39, 0.29) is 11.8 Å². The van der Waals surface area contributed by atoms with Crippen LogP contribution in [0.3, 0.4) is 0 Å². The number of allylic oxidation sites excluding steroid dienone is 1. The minimum absolute atomic E-state index is 0.171. The van der Waals surface area contributed by atoms with E-state index < -0.39 is 11.9 Å². The molecule has 1 aliphatic rings. The maximum atomic E-state index is 13.8. The number of hydrogen-bond acceptors (Lipinski definition) is 7. The molecule has 3 rings (SSSR count). The van der Waals surface area contributed by atoms with Crippen molar-refractivity contribution in [1.29, 1.82) is 0 Å². The van der Waals surface area contributed by atoms with Gasteiger partial charge >= 0.3 is 0 Å². The van der Waals surface area contributed by atoms with Gasteiger partial charge < -0.3 is 20.3 Å². The van der Waals surface area contributed by atoms with Crippen LogP contribution in [-0.2, 0) is 4.74 Å². The molecule has 1 atom stereocenters. The zero-order valence-corrected chi connectivity index (χ0v) is 16.7. The Bertz CT molecular complexity index is 907. The molecule has 3 heterocycles. The summed E-state index contributed by atoms with van der Waals surface area (Å²) >= 11 is 0. The smallest absolute Gasteiger partial charge is 0.274 e. The lowest BCUT2D eigenvalue weighted by atomic mass is 10.2. The molecule has 1 unspecified atom stereocenters. The molecule has 0 saturated carbocycles. The van der Waals surface area contributed by atoms with Gasteiger partial charge in [0, 0.05) is 31.9 Å². The molecule has 30 heavy (non-hydrogen) atoms. The first-order valence-electron chi connectivity index (χ1n) is 9.74. The van der Waals surface area contributed by atoms with Crippen LogP contribution in [0.15, 0.2) is 49.8 Å². The van der Waals surface area contributed by atoms with Crippen molar-refractivity contribution in [3.8, 4) is 0 Å². The average Bonchev–Trinajstić information content (AvgIpc) is 2.78. The molecule has 2 N–H and O–H groups in total. The molecule has 8 nitrogen and oxygen atoms in total. The monoisotopic (exact) mass is 412 g/mol. The number of morpholine rings is 1. The van der Waals surface area contributed by atoms with E-state index in [2.05, 4.69) is 38.7 Å². The average molecular weight is 412 g/mol. The Morgan fingerprint density at radius 3 is 3.07 bits per heavy atom. The number of pyridine rings is 1. The van der Waals surface area contributed by atoms with Gasteiger partial charge in [0.2, 0.25) is 11.9 Å². The van der Waals surface area contributed by atoms with Crippen molar-refractivity contribution in [2.45, 2.75) is 18.9 Å². The van der Waals surface area contributed by atoms with E-state index in [9.17, 15) is 9.18 Å². The van der Waals surface area contributed by atoms with E-state index in [4.69, 9.17) is 4.74 Å². The molecule has 158 valence electrons. The van der Waals surface area contributed by atoms with Crippen LogP contribution in [-0.4, -0.2) is 53.2 Å². The highest BCUT2D eigenvalue weighted by Crippen LogP contribution is 2.28. The molecule has 9 heteroatoms. The number of anilines is 3. The number of rotatable bonds is 9. The standard InChI is InChI=1S/C21H25FN6O2/c1-3-5-6-8-23-21-24-9-7-16(27-21)20(29)26-17-13-25-19(22)12-18(17)28-10-11-30-15(4-2)14-28/h3-4,7,9,12-13,15H,1-2,5-6,8,10-11,14H2,(H,26,29)(H,23,24,27). The SMILES string of the molecule is C=CCCCNc1nccc(C(=O)Nc2cnc(F)cc2N2CCOC(C=C)C2)n1. The maximum absolute atomic E-state index is 13.8. The Labute approximate surface area is 174 Å². The van der Waals surface area contributed by atoms with Crippen LogP contribution in [0.4, 0.5) is 21.7 Å². The van der Waals surface area contributed by atoms with Crippen LogP contribution in [0.5, 0.6) is 0 Å². The number of unbranched alkanes of at least 4 members (excludes halogenated alkanes) is 1. The summed E-state index contributed by atoms with van der Waals surface area (Å²) in [5, 5.41) is 5.86. The second-order valence-corrected chi connectivity index (χ2v) is 6.69. The number of carbonyl (C=O) groups excluding carboxylic acids is 1. The zero-order valence-electron chi connectivity index (χ0n) is 16.7. The fraction of sp³-hybridized carbons (Fsp3) is 0.333. The number of ether oxygens (including phenoxy) is 1. The number of nitrogens with zero attached hydrogens (tertiary/aromatic N) is 4. The molecule has 0 aliphatic carbocycles. The van der Waals surface area contributed by atoms with Crippen molar-refractivity contribution in [3.63, 3.8) is 0 Å². The third-order valence-electron chi connectivity index (χ3n) is 4.55. The van der Waals surface area contributed by atoms with Crippen LogP contribution >= 0.6 is 0 Å². The summed E-state index contributed by atoms with van der Waals surface area (Å²) < 4.78 is 19.4. The summed E-state index contributed by atoms with van der Waals surface area (Å²) in [5.74, 6) is -0.696. The van der Waals surface area contributed by atoms with Crippen LogP contribution in [0.25, 0.3) is 0 Å². The molecule has 1 aliphatic heterocycles. The van der Waals surface area contributed by atoms with E-state index in [0.717, 1.165) is 12.8 Å². The van der Waals surface area contributed by atoms with Gasteiger partial charge in [-0.1, -0.05) is 12.2 Å². The van der Waals surface area contributed by atoms with E-state index in [1.54, 1.807) is 6.08 Å². The van der Waals surface area contributed by atoms with Crippen LogP contribution in [0.2, 0.25) is 0 Å². The maximum Gasteiger partial charge on any atom is 0.274 e. The predicted octanol–water partition coefficient (Wildman–Crippen LogP) is 3.03. The lowest BCUT2D eigenvalue weighted by Gasteiger charge is -2.34. The van der Waals surface area contributed by atoms with E-state index in [1.165, 1.54) is 24.5 Å². The fourth-order valence-electron chi connectivity index (χ4n) is 3.02. The summed E-state index contributed by atoms with van der Waals surface area (Å²) in [6.45, 7) is 9.63. The van der Waals surface area contributed by atoms with Crippen LogP contribution < -0.4 is 15.5 Å². The fourth-order valence-corrected chi connectivity index (χ4v) is 3.02. The largest absolute Gasteiger partial charge is 0.370 e. The number of amides is 1. The quantitative estimate of drug-likeness (QED) is 0.372. The third kappa shape index (κ3) is 5.60. The van der Waals surface area contributed by atoms with Gasteiger partial charge in [-0.25, -0.2) is 15.0 Å². The van der Waals surface area contributed by atoms with Gasteiger partial charge in [0.05, 0.1) is 30.3 Å². The Hall–Kier alpha value is -3.33. The summed E-state index contributed by atoms with van der Waals surface area (Å²) in [7, 11) is 0. The molecule has 0 radical (unpaired) electrons. The van der Waals surface area contributed by atoms with Crippen molar-refractivity contribution in [1.82, 2.24) is 15.0 Å². The minimum atomic E-state index is -0.627. The molecule has 2 aromatic heterocycles. The molecule has 1 saturated heterocycles. The Kier molecular flexibility index (Phi) is 7.45. The van der Waals surface area contributed by atoms with Crippen molar-refractivity contribution < 1.29 is 13.9 Å². The predicted molar refractivity (Wildman–Crippen MR) is 114 cm³/mol. The molecule has 1 amide bonds. The lowest BCUT2D eigenvalue weighted by molar-refractivity contribution is 0.0720. The van der Waals surface area contributed by atoms with E-state index in [0.29, 0.717) is 43.6 Å². The van der Waals surface area contributed by atoms with Crippen molar-refractivity contribution >= 4 is 23.2 Å². The lowest BCUT2D eigenvalue weighted by Crippen LogP contribution is -2.42. The highest BCUT2D eigenvalue weighted by Gasteiger charge is 2.22. The van der Waals surface area contributed by atoms with Gasteiger partial charge in [-0.05, 0) is 18.9 Å². The van der Waals surface area contributed by atoms with Crippen molar-refractivity contribution in [2.75, 3.05) is 41.8 Å². The summed E-state index contributed by atoms with van der Waals surface area (Å²) in [5.41, 5.74) is 1.12. The Morgan fingerprint density at radius 2 is 2.27 bits per heavy atom. The van der Waals surface area contributed by atoms with Gasteiger partial charge in [-0.15, -0.1) is 13.2 Å². The number of halogens is 1. The molecule has 0 aromatic carbocycles. The molecular formula is C21H25FN6O2. The molecule has 0 bridgehead atoms. The Balaban J connectivity index is 1.74. The zero-order chi connectivity index (χ0) is 21.3. The van der Waals surface area contributed by atoms with Gasteiger partial charge in [0.15, 0.2) is 0 Å². The van der Waals surface area contributed by atoms with Gasteiger partial charge in [-0.3, -0.25) is 4.79 Å². The number of hydrogen-bond donors (Lipinski definition) is 2. The molecule has 0 spiro atoms. The van der Waals surface area contributed by atoms with E-state index in [1.807, 2.05) is 11.0 Å². The van der Waals surface area contributed by atoms with Crippen LogP contribution in [0.1, 0.15) is 23.3 Å². The molecule has 2 aromatic rings. The first-order chi connectivity index (χ1) is 14.6. The van der Waals surface area contributed by atoms with Crippen molar-refractivity contribution in [2.24, 2.45) is 0 Å². The topological polar surface area (TPSA) is 92.3 Å². The third-order valence-corrected chi connectivity index (χ3v) is 4.55. The highest BCUT2D eigenvalue weighted by molar-refractivity contribution is 6.04. The molecular weight excluding hydrogens is 387 g/mol. The van der Waals surface area contributed by atoms with Gasteiger partial charge in [0.1, 0.15) is 5.69 Å². The van der Waals surface area contributed by atoms with E-state index >= 15 is 0 Å². The van der Waals surface area contributed by atoms with Crippen molar-refractivity contribution in [3.05, 3.63) is 61.5 Å². The number of aromatic nitrogens is 3.